The summed E-state index contributed by atoms with van der Waals surface area (Å²) in [5.74, 6) is -0.534. The molecule has 0 heterocycles. The number of nitrogens with zero attached hydrogens (tertiary/aromatic N) is 2. The van der Waals surface area contributed by atoms with Crippen molar-refractivity contribution < 1.29 is 22.7 Å². The summed E-state index contributed by atoms with van der Waals surface area (Å²) < 4.78 is 35.4. The number of hydrogen-bond acceptors (Lipinski definition) is 5. The number of methoxy groups -OCH3 is 1. The Morgan fingerprint density at radius 3 is 2.17 bits per heavy atom. The molecular weight excluding hydrogens is 690 g/mol. The van der Waals surface area contributed by atoms with Gasteiger partial charge in [0.2, 0.25) is 11.8 Å². The molecule has 0 fully saturated rings. The average Bonchev–Trinajstić information content (AvgIpc) is 3.05. The molecule has 8 nitrogen and oxygen atoms in total. The van der Waals surface area contributed by atoms with E-state index in [9.17, 15) is 18.0 Å². The standard InChI is InChI=1S/C35H37BrClN3O5S/c1-4-25(2)38-35(42)32(21-26-12-7-5-8-13-26)39(23-27-14-11-15-28(36)20-27)34(41)24-40(29-18-19-33(45-3)31(37)22-29)46(43,44)30-16-9-6-10-17-30/h5-20,22,25,32H,4,21,23-24H2,1-3H3,(H,38,42)/t25-,32+/m1/s1. The third kappa shape index (κ3) is 8.90. The van der Waals surface area contributed by atoms with Crippen LogP contribution in [0.5, 0.6) is 5.75 Å². The Morgan fingerprint density at radius 1 is 0.913 bits per heavy atom. The summed E-state index contributed by atoms with van der Waals surface area (Å²) in [6.07, 6.45) is 0.924. The molecule has 0 aliphatic carbocycles. The van der Waals surface area contributed by atoms with Gasteiger partial charge in [0.1, 0.15) is 18.3 Å². The van der Waals surface area contributed by atoms with Gasteiger partial charge in [-0.2, -0.15) is 0 Å². The molecule has 0 bridgehead atoms. The number of anilines is 1. The minimum Gasteiger partial charge on any atom is -0.495 e. The lowest BCUT2D eigenvalue weighted by molar-refractivity contribution is -0.140. The number of amides is 2. The molecule has 2 atom stereocenters. The summed E-state index contributed by atoms with van der Waals surface area (Å²) in [7, 11) is -2.79. The van der Waals surface area contributed by atoms with Gasteiger partial charge < -0.3 is 15.0 Å². The van der Waals surface area contributed by atoms with Crippen molar-refractivity contribution in [1.82, 2.24) is 10.2 Å². The molecule has 0 aromatic heterocycles. The van der Waals surface area contributed by atoms with E-state index in [4.69, 9.17) is 16.3 Å². The van der Waals surface area contributed by atoms with E-state index in [0.29, 0.717) is 12.2 Å². The molecule has 0 aliphatic heterocycles. The zero-order valence-corrected chi connectivity index (χ0v) is 29.1. The second-order valence-electron chi connectivity index (χ2n) is 10.8. The largest absolute Gasteiger partial charge is 0.495 e. The summed E-state index contributed by atoms with van der Waals surface area (Å²) in [6, 6.07) is 28.2. The molecule has 0 saturated carbocycles. The number of carbonyl (C=O) groups is 2. The van der Waals surface area contributed by atoms with E-state index in [1.165, 1.54) is 36.3 Å². The molecular formula is C35H37BrClN3O5S. The van der Waals surface area contributed by atoms with Gasteiger partial charge in [-0.25, -0.2) is 8.42 Å². The zero-order chi connectivity index (χ0) is 33.3. The van der Waals surface area contributed by atoms with E-state index >= 15 is 0 Å². The Morgan fingerprint density at radius 2 is 1.57 bits per heavy atom. The van der Waals surface area contributed by atoms with Gasteiger partial charge in [0.05, 0.1) is 22.7 Å². The van der Waals surface area contributed by atoms with Crippen LogP contribution < -0.4 is 14.4 Å². The number of rotatable bonds is 14. The van der Waals surface area contributed by atoms with Gasteiger partial charge in [-0.15, -0.1) is 0 Å². The first-order valence-corrected chi connectivity index (χ1v) is 17.4. The molecule has 0 saturated heterocycles. The van der Waals surface area contributed by atoms with E-state index in [2.05, 4.69) is 21.2 Å². The van der Waals surface area contributed by atoms with E-state index in [1.807, 2.05) is 68.4 Å². The Labute approximate surface area is 284 Å². The van der Waals surface area contributed by atoms with Gasteiger partial charge in [0.25, 0.3) is 10.0 Å². The van der Waals surface area contributed by atoms with Gasteiger partial charge in [-0.3, -0.25) is 13.9 Å². The van der Waals surface area contributed by atoms with Crippen molar-refractivity contribution in [2.24, 2.45) is 0 Å². The lowest BCUT2D eigenvalue weighted by Crippen LogP contribution is -2.54. The first-order valence-electron chi connectivity index (χ1n) is 14.8. The van der Waals surface area contributed by atoms with Crippen LogP contribution in [0.25, 0.3) is 0 Å². The minimum atomic E-state index is -4.25. The van der Waals surface area contributed by atoms with Crippen LogP contribution in [-0.2, 0) is 32.6 Å². The molecule has 0 spiro atoms. The highest BCUT2D eigenvalue weighted by Crippen LogP contribution is 2.32. The maximum atomic E-state index is 14.6. The van der Waals surface area contributed by atoms with E-state index in [-0.39, 0.29) is 40.5 Å². The predicted molar refractivity (Wildman–Crippen MR) is 185 cm³/mol. The molecule has 4 aromatic carbocycles. The van der Waals surface area contributed by atoms with Crippen molar-refractivity contribution >= 4 is 55.1 Å². The molecule has 4 rings (SSSR count). The van der Waals surface area contributed by atoms with Gasteiger partial charge in [0.15, 0.2) is 0 Å². The number of halogens is 2. The summed E-state index contributed by atoms with van der Waals surface area (Å²) in [4.78, 5) is 30.0. The minimum absolute atomic E-state index is 0.00336. The molecule has 0 unspecified atom stereocenters. The maximum absolute atomic E-state index is 14.6. The van der Waals surface area contributed by atoms with Gasteiger partial charge in [-0.05, 0) is 66.9 Å². The second kappa shape index (κ2) is 16.1. The van der Waals surface area contributed by atoms with Crippen LogP contribution in [0.1, 0.15) is 31.4 Å². The Bertz CT molecular complexity index is 1740. The van der Waals surface area contributed by atoms with E-state index < -0.39 is 28.5 Å². The third-order valence-corrected chi connectivity index (χ3v) is 10.1. The zero-order valence-electron chi connectivity index (χ0n) is 25.9. The number of nitrogens with one attached hydrogen (secondary N) is 1. The van der Waals surface area contributed by atoms with Crippen LogP contribution in [0, 0.1) is 0 Å². The van der Waals surface area contributed by atoms with Crippen LogP contribution in [-0.4, -0.2) is 50.9 Å². The number of ether oxygens (including phenoxy) is 1. The number of carbonyl (C=O) groups excluding carboxylic acids is 2. The molecule has 1 N–H and O–H groups in total. The van der Waals surface area contributed by atoms with Crippen molar-refractivity contribution in [3.63, 3.8) is 0 Å². The number of sulfonamides is 1. The van der Waals surface area contributed by atoms with Gasteiger partial charge >= 0.3 is 0 Å². The fraction of sp³-hybridized carbons (Fsp3) is 0.257. The lowest BCUT2D eigenvalue weighted by atomic mass is 10.0. The summed E-state index contributed by atoms with van der Waals surface area (Å²) in [5, 5.41) is 3.22. The first-order chi connectivity index (χ1) is 22.0. The Hall–Kier alpha value is -3.86. The monoisotopic (exact) mass is 725 g/mol. The quantitative estimate of drug-likeness (QED) is 0.153. The summed E-state index contributed by atoms with van der Waals surface area (Å²) >= 11 is 9.94. The van der Waals surface area contributed by atoms with Crippen molar-refractivity contribution in [1.29, 1.82) is 0 Å². The van der Waals surface area contributed by atoms with E-state index in [0.717, 1.165) is 19.9 Å². The predicted octanol–water partition coefficient (Wildman–Crippen LogP) is 6.86. The summed E-state index contributed by atoms with van der Waals surface area (Å²) in [5.41, 5.74) is 1.80. The van der Waals surface area contributed by atoms with Crippen molar-refractivity contribution in [2.45, 2.75) is 50.2 Å². The van der Waals surface area contributed by atoms with Crippen LogP contribution >= 0.6 is 27.5 Å². The fourth-order valence-electron chi connectivity index (χ4n) is 4.89. The van der Waals surface area contributed by atoms with Gasteiger partial charge in [0, 0.05) is 23.5 Å². The smallest absolute Gasteiger partial charge is 0.264 e. The van der Waals surface area contributed by atoms with Crippen molar-refractivity contribution in [3.05, 3.63) is 124 Å². The maximum Gasteiger partial charge on any atom is 0.264 e. The van der Waals surface area contributed by atoms with Gasteiger partial charge in [-0.1, -0.05) is 95.1 Å². The van der Waals surface area contributed by atoms with Crippen LogP contribution in [0.2, 0.25) is 5.02 Å². The van der Waals surface area contributed by atoms with Crippen molar-refractivity contribution in [2.75, 3.05) is 18.0 Å². The highest BCUT2D eigenvalue weighted by Gasteiger charge is 2.35. The molecule has 0 aliphatic rings. The Balaban J connectivity index is 1.83. The molecule has 0 radical (unpaired) electrons. The second-order valence-corrected chi connectivity index (χ2v) is 14.0. The van der Waals surface area contributed by atoms with Crippen LogP contribution in [0.15, 0.2) is 112 Å². The van der Waals surface area contributed by atoms with Crippen LogP contribution in [0.4, 0.5) is 5.69 Å². The SMILES string of the molecule is CC[C@@H](C)NC(=O)[C@H](Cc1ccccc1)N(Cc1cccc(Br)c1)C(=O)CN(c1ccc(OC)c(Cl)c1)S(=O)(=O)c1ccccc1. The number of benzene rings is 4. The molecule has 4 aromatic rings. The highest BCUT2D eigenvalue weighted by molar-refractivity contribution is 9.10. The van der Waals surface area contributed by atoms with Crippen molar-refractivity contribution in [3.8, 4) is 5.75 Å². The Kier molecular flexibility index (Phi) is 12.3. The van der Waals surface area contributed by atoms with Crippen LogP contribution in [0.3, 0.4) is 0 Å². The molecule has 2 amide bonds. The lowest BCUT2D eigenvalue weighted by Gasteiger charge is -2.34. The normalized spacial score (nSPS) is 12.5. The first kappa shape index (κ1) is 35.0. The molecule has 46 heavy (non-hydrogen) atoms. The fourth-order valence-corrected chi connectivity index (χ4v) is 7.01. The molecule has 11 heteroatoms. The topological polar surface area (TPSA) is 96.0 Å². The van der Waals surface area contributed by atoms with E-state index in [1.54, 1.807) is 24.3 Å². The molecule has 242 valence electrons. The summed E-state index contributed by atoms with van der Waals surface area (Å²) in [6.45, 7) is 3.34. The third-order valence-electron chi connectivity index (χ3n) is 7.55. The highest BCUT2D eigenvalue weighted by atomic mass is 79.9. The number of hydrogen-bond donors (Lipinski definition) is 1. The average molecular weight is 727 g/mol.